The number of anilines is 1. The molecule has 0 saturated carbocycles. The van der Waals surface area contributed by atoms with Crippen LogP contribution in [0.4, 0.5) is 5.82 Å². The fourth-order valence-electron chi connectivity index (χ4n) is 2.57. The van der Waals surface area contributed by atoms with Gasteiger partial charge in [-0.3, -0.25) is 4.79 Å². The van der Waals surface area contributed by atoms with Gasteiger partial charge in [-0.2, -0.15) is 5.10 Å². The largest absolute Gasteiger partial charge is 0.311 e. The lowest BCUT2D eigenvalue weighted by Gasteiger charge is -2.23. The van der Waals surface area contributed by atoms with E-state index in [9.17, 15) is 13.2 Å². The number of benzene rings is 1. The summed E-state index contributed by atoms with van der Waals surface area (Å²) in [6.45, 7) is 12.1. The number of nitrogens with one attached hydrogen (secondary N) is 2. The fourth-order valence-corrected chi connectivity index (χ4v) is 3.90. The molecule has 0 aliphatic heterocycles. The Morgan fingerprint density at radius 1 is 1.14 bits per heavy atom. The van der Waals surface area contributed by atoms with Gasteiger partial charge in [0.1, 0.15) is 5.82 Å². The van der Waals surface area contributed by atoms with Crippen LogP contribution < -0.4 is 10.0 Å². The summed E-state index contributed by atoms with van der Waals surface area (Å²) in [6.07, 6.45) is -0.0139. The molecule has 0 spiro atoms. The molecule has 1 heterocycles. The number of nitrogens with zero attached hydrogens (tertiary/aromatic N) is 2. The lowest BCUT2D eigenvalue weighted by Crippen LogP contribution is -2.30. The van der Waals surface area contributed by atoms with Crippen LogP contribution >= 0.6 is 11.6 Å². The van der Waals surface area contributed by atoms with Crippen LogP contribution in [-0.4, -0.2) is 30.7 Å². The summed E-state index contributed by atoms with van der Waals surface area (Å²) in [6, 6.07) is 7.83. The SMILES string of the molecule is CC(C)(C)c1cc(NC(=O)CCNS(=O)(=O)c2cccc(Cl)c2)n(C(C)(C)C)n1. The zero-order chi connectivity index (χ0) is 22.0. The zero-order valence-corrected chi connectivity index (χ0v) is 19.3. The molecule has 2 aromatic rings. The molecule has 29 heavy (non-hydrogen) atoms. The van der Waals surface area contributed by atoms with Gasteiger partial charge >= 0.3 is 0 Å². The number of aromatic nitrogens is 2. The summed E-state index contributed by atoms with van der Waals surface area (Å²) < 4.78 is 28.8. The molecule has 0 bridgehead atoms. The Balaban J connectivity index is 2.05. The van der Waals surface area contributed by atoms with Crippen LogP contribution in [0.1, 0.15) is 53.7 Å². The number of halogens is 1. The van der Waals surface area contributed by atoms with Gasteiger partial charge in [0.15, 0.2) is 0 Å². The molecule has 0 unspecified atom stereocenters. The van der Waals surface area contributed by atoms with Gasteiger partial charge < -0.3 is 5.32 Å². The summed E-state index contributed by atoms with van der Waals surface area (Å²) in [4.78, 5) is 12.5. The molecule has 9 heteroatoms. The van der Waals surface area contributed by atoms with E-state index in [1.807, 2.05) is 26.8 Å². The number of rotatable bonds is 6. The number of amides is 1. The maximum atomic E-state index is 12.4. The van der Waals surface area contributed by atoms with Crippen LogP contribution in [0.15, 0.2) is 35.2 Å². The molecule has 160 valence electrons. The minimum absolute atomic E-state index is 0.0139. The van der Waals surface area contributed by atoms with Gasteiger partial charge in [0.05, 0.1) is 16.1 Å². The second-order valence-corrected chi connectivity index (χ2v) is 11.1. The number of carbonyl (C=O) groups is 1. The van der Waals surface area contributed by atoms with Crippen molar-refractivity contribution >= 4 is 33.3 Å². The first kappa shape index (κ1) is 23.4. The van der Waals surface area contributed by atoms with Gasteiger partial charge in [0.25, 0.3) is 0 Å². The van der Waals surface area contributed by atoms with E-state index in [1.54, 1.807) is 16.8 Å². The molecule has 0 radical (unpaired) electrons. The standard InChI is InChI=1S/C20H29ClN4O3S/c1-19(2,3)16-13-17(25(24-16)20(4,5)6)23-18(26)10-11-22-29(27,28)15-9-7-8-14(21)12-15/h7-9,12-13,22H,10-11H2,1-6H3,(H,23,26). The van der Waals surface area contributed by atoms with E-state index in [0.717, 1.165) is 5.69 Å². The Morgan fingerprint density at radius 2 is 1.79 bits per heavy atom. The number of sulfonamides is 1. The van der Waals surface area contributed by atoms with E-state index in [-0.39, 0.29) is 34.7 Å². The Morgan fingerprint density at radius 3 is 2.34 bits per heavy atom. The molecule has 0 aliphatic carbocycles. The van der Waals surface area contributed by atoms with Gasteiger partial charge in [-0.1, -0.05) is 38.4 Å². The summed E-state index contributed by atoms with van der Waals surface area (Å²) >= 11 is 5.85. The molecule has 2 rings (SSSR count). The highest BCUT2D eigenvalue weighted by Crippen LogP contribution is 2.28. The third kappa shape index (κ3) is 6.29. The topological polar surface area (TPSA) is 93.1 Å². The molecular formula is C20H29ClN4O3S. The molecule has 1 aromatic heterocycles. The van der Waals surface area contributed by atoms with Crippen LogP contribution in [0.25, 0.3) is 0 Å². The van der Waals surface area contributed by atoms with Crippen molar-refractivity contribution in [2.75, 3.05) is 11.9 Å². The van der Waals surface area contributed by atoms with Crippen molar-refractivity contribution in [3.05, 3.63) is 41.0 Å². The molecule has 0 atom stereocenters. The van der Waals surface area contributed by atoms with Crippen molar-refractivity contribution in [2.24, 2.45) is 0 Å². The predicted octanol–water partition coefficient (Wildman–Crippen LogP) is 3.90. The van der Waals surface area contributed by atoms with Crippen molar-refractivity contribution in [3.8, 4) is 0 Å². The minimum atomic E-state index is -3.73. The third-order valence-corrected chi connectivity index (χ3v) is 5.83. The number of carbonyl (C=O) groups excluding carboxylic acids is 1. The first-order chi connectivity index (χ1) is 13.2. The zero-order valence-electron chi connectivity index (χ0n) is 17.7. The monoisotopic (exact) mass is 440 g/mol. The molecule has 1 amide bonds. The quantitative estimate of drug-likeness (QED) is 0.712. The highest BCUT2D eigenvalue weighted by Gasteiger charge is 2.25. The second-order valence-electron chi connectivity index (χ2n) is 8.90. The van der Waals surface area contributed by atoms with Crippen LogP contribution in [0, 0.1) is 0 Å². The number of hydrogen-bond acceptors (Lipinski definition) is 4. The van der Waals surface area contributed by atoms with Gasteiger partial charge in [0, 0.05) is 29.5 Å². The second kappa shape index (κ2) is 8.45. The van der Waals surface area contributed by atoms with E-state index < -0.39 is 10.0 Å². The maximum absolute atomic E-state index is 12.4. The molecule has 0 saturated heterocycles. The first-order valence-corrected chi connectivity index (χ1v) is 11.2. The van der Waals surface area contributed by atoms with E-state index >= 15 is 0 Å². The minimum Gasteiger partial charge on any atom is -0.311 e. The molecule has 1 aromatic carbocycles. The van der Waals surface area contributed by atoms with Gasteiger partial charge in [-0.25, -0.2) is 17.8 Å². The first-order valence-electron chi connectivity index (χ1n) is 9.36. The molecular weight excluding hydrogens is 412 g/mol. The lowest BCUT2D eigenvalue weighted by atomic mass is 9.92. The summed E-state index contributed by atoms with van der Waals surface area (Å²) in [5, 5.41) is 7.83. The predicted molar refractivity (Wildman–Crippen MR) is 116 cm³/mol. The Labute approximate surface area is 177 Å². The summed E-state index contributed by atoms with van der Waals surface area (Å²) in [5.74, 6) is 0.287. The Kier molecular flexibility index (Phi) is 6.82. The van der Waals surface area contributed by atoms with Crippen molar-refractivity contribution in [3.63, 3.8) is 0 Å². The van der Waals surface area contributed by atoms with Gasteiger partial charge in [-0.15, -0.1) is 0 Å². The maximum Gasteiger partial charge on any atom is 0.240 e. The Hall–Kier alpha value is -1.90. The van der Waals surface area contributed by atoms with Crippen molar-refractivity contribution < 1.29 is 13.2 Å². The van der Waals surface area contributed by atoms with E-state index in [4.69, 9.17) is 11.6 Å². The summed E-state index contributed by atoms with van der Waals surface area (Å²) in [7, 11) is -3.73. The van der Waals surface area contributed by atoms with Crippen LogP contribution in [0.5, 0.6) is 0 Å². The molecule has 0 fully saturated rings. The van der Waals surface area contributed by atoms with Crippen LogP contribution in [0.3, 0.4) is 0 Å². The van der Waals surface area contributed by atoms with E-state index in [1.165, 1.54) is 12.1 Å². The molecule has 7 nitrogen and oxygen atoms in total. The summed E-state index contributed by atoms with van der Waals surface area (Å²) in [5.41, 5.74) is 0.382. The average molecular weight is 441 g/mol. The van der Waals surface area contributed by atoms with E-state index in [0.29, 0.717) is 10.8 Å². The van der Waals surface area contributed by atoms with Crippen molar-refractivity contribution in [1.29, 1.82) is 0 Å². The smallest absolute Gasteiger partial charge is 0.240 e. The highest BCUT2D eigenvalue weighted by atomic mass is 35.5. The van der Waals surface area contributed by atoms with Crippen LogP contribution in [0.2, 0.25) is 5.02 Å². The Bertz CT molecular complexity index is 986. The normalized spacial score (nSPS) is 12.8. The lowest BCUT2D eigenvalue weighted by molar-refractivity contribution is -0.116. The third-order valence-electron chi connectivity index (χ3n) is 4.13. The van der Waals surface area contributed by atoms with Gasteiger partial charge in [0.2, 0.25) is 15.9 Å². The van der Waals surface area contributed by atoms with Gasteiger partial charge in [-0.05, 0) is 39.0 Å². The van der Waals surface area contributed by atoms with E-state index in [2.05, 4.69) is 35.9 Å². The molecule has 0 aliphatic rings. The van der Waals surface area contributed by atoms with Crippen molar-refractivity contribution in [1.82, 2.24) is 14.5 Å². The van der Waals surface area contributed by atoms with Crippen LogP contribution in [-0.2, 0) is 25.8 Å². The highest BCUT2D eigenvalue weighted by molar-refractivity contribution is 7.89. The number of hydrogen-bond donors (Lipinski definition) is 2. The molecule has 2 N–H and O–H groups in total. The fraction of sp³-hybridized carbons (Fsp3) is 0.500. The van der Waals surface area contributed by atoms with Crippen molar-refractivity contribution in [2.45, 2.75) is 63.8 Å². The average Bonchev–Trinajstić information content (AvgIpc) is 2.99.